The third-order valence-corrected chi connectivity index (χ3v) is 2.90. The Morgan fingerprint density at radius 1 is 1.46 bits per heavy atom. The van der Waals surface area contributed by atoms with E-state index in [0.29, 0.717) is 17.8 Å². The van der Waals surface area contributed by atoms with Gasteiger partial charge in [-0.1, -0.05) is 37.6 Å². The van der Waals surface area contributed by atoms with E-state index in [2.05, 4.69) is 26.8 Å². The summed E-state index contributed by atoms with van der Waals surface area (Å²) in [4.78, 5) is 0. The lowest BCUT2D eigenvalue weighted by molar-refractivity contribution is 0.154. The van der Waals surface area contributed by atoms with Crippen LogP contribution in [0.25, 0.3) is 0 Å². The van der Waals surface area contributed by atoms with Crippen LogP contribution in [-0.2, 0) is 0 Å². The van der Waals surface area contributed by atoms with Crippen LogP contribution in [0.1, 0.15) is 27.7 Å². The lowest BCUT2D eigenvalue weighted by atomic mass is 9.82. The molecule has 1 heteroatoms. The highest BCUT2D eigenvalue weighted by molar-refractivity contribution is 5.21. The van der Waals surface area contributed by atoms with Crippen molar-refractivity contribution in [2.45, 2.75) is 33.8 Å². The van der Waals surface area contributed by atoms with Gasteiger partial charge in [-0.3, -0.25) is 0 Å². The molecule has 0 aromatic rings. The molecule has 1 nitrogen and oxygen atoms in total. The van der Waals surface area contributed by atoms with Gasteiger partial charge in [-0.15, -0.1) is 0 Å². The van der Waals surface area contributed by atoms with Crippen molar-refractivity contribution in [2.75, 3.05) is 0 Å². The third-order valence-electron chi connectivity index (χ3n) is 2.90. The van der Waals surface area contributed by atoms with E-state index in [-0.39, 0.29) is 6.10 Å². The Hall–Kier alpha value is -0.560. The van der Waals surface area contributed by atoms with Crippen LogP contribution in [0, 0.1) is 17.8 Å². The minimum atomic E-state index is -0.274. The quantitative estimate of drug-likeness (QED) is 0.648. The summed E-state index contributed by atoms with van der Waals surface area (Å²) in [5.74, 6) is 1.42. The molecule has 13 heavy (non-hydrogen) atoms. The summed E-state index contributed by atoms with van der Waals surface area (Å²) in [6, 6.07) is 0. The van der Waals surface area contributed by atoms with E-state index in [4.69, 9.17) is 0 Å². The molecule has 1 rings (SSSR count). The molecule has 0 saturated carbocycles. The zero-order valence-electron chi connectivity index (χ0n) is 8.99. The highest BCUT2D eigenvalue weighted by atomic mass is 16.3. The Labute approximate surface area is 81.2 Å². The number of rotatable bonds is 2. The summed E-state index contributed by atoms with van der Waals surface area (Å²) in [7, 11) is 0. The molecule has 0 saturated heterocycles. The first-order chi connectivity index (χ1) is 6.07. The molecular weight excluding hydrogens is 160 g/mol. The SMILES string of the molecule is C/C=C\[C@H]1[C@H](O)C=C(C)[C@H]1C(C)C. The monoisotopic (exact) mass is 180 g/mol. The summed E-state index contributed by atoms with van der Waals surface area (Å²) >= 11 is 0. The fourth-order valence-corrected chi connectivity index (χ4v) is 2.43. The van der Waals surface area contributed by atoms with Crippen molar-refractivity contribution in [3.8, 4) is 0 Å². The Morgan fingerprint density at radius 2 is 2.08 bits per heavy atom. The average molecular weight is 180 g/mol. The lowest BCUT2D eigenvalue weighted by Crippen LogP contribution is -2.22. The average Bonchev–Trinajstić information content (AvgIpc) is 2.27. The van der Waals surface area contributed by atoms with E-state index in [1.807, 2.05) is 19.1 Å². The van der Waals surface area contributed by atoms with Crippen LogP contribution in [0.2, 0.25) is 0 Å². The second-order valence-corrected chi connectivity index (χ2v) is 4.27. The second kappa shape index (κ2) is 4.10. The van der Waals surface area contributed by atoms with E-state index in [9.17, 15) is 5.11 Å². The molecule has 0 bridgehead atoms. The molecule has 0 heterocycles. The van der Waals surface area contributed by atoms with Crippen LogP contribution in [0.3, 0.4) is 0 Å². The molecule has 0 aromatic carbocycles. The van der Waals surface area contributed by atoms with E-state index in [0.717, 1.165) is 0 Å². The zero-order chi connectivity index (χ0) is 10.0. The number of allylic oxidation sites excluding steroid dienone is 2. The van der Waals surface area contributed by atoms with Gasteiger partial charge in [0, 0.05) is 5.92 Å². The van der Waals surface area contributed by atoms with Crippen LogP contribution < -0.4 is 0 Å². The number of hydrogen-bond acceptors (Lipinski definition) is 1. The molecule has 0 aromatic heterocycles. The molecule has 1 N–H and O–H groups in total. The molecule has 3 atom stereocenters. The largest absolute Gasteiger partial charge is 0.388 e. The maximum absolute atomic E-state index is 9.78. The Bertz CT molecular complexity index is 225. The van der Waals surface area contributed by atoms with Crippen molar-refractivity contribution < 1.29 is 5.11 Å². The van der Waals surface area contributed by atoms with Gasteiger partial charge in [0.05, 0.1) is 6.10 Å². The summed E-state index contributed by atoms with van der Waals surface area (Å²) in [5, 5.41) is 9.78. The van der Waals surface area contributed by atoms with E-state index < -0.39 is 0 Å². The summed E-state index contributed by atoms with van der Waals surface area (Å²) in [6.07, 6.45) is 5.89. The number of aliphatic hydroxyl groups excluding tert-OH is 1. The van der Waals surface area contributed by atoms with Crippen molar-refractivity contribution in [1.29, 1.82) is 0 Å². The summed E-state index contributed by atoms with van der Waals surface area (Å²) in [6.45, 7) is 8.57. The zero-order valence-corrected chi connectivity index (χ0v) is 8.99. The summed E-state index contributed by atoms with van der Waals surface area (Å²) < 4.78 is 0. The number of aliphatic hydroxyl groups is 1. The molecule has 0 radical (unpaired) electrons. The standard InChI is InChI=1S/C12H20O/c1-5-6-10-11(13)7-9(4)12(10)8(2)3/h5-8,10-13H,1-4H3/b6-5-/t10-,11+,12+/m0/s1. The fraction of sp³-hybridized carbons (Fsp3) is 0.667. The highest BCUT2D eigenvalue weighted by Crippen LogP contribution is 2.37. The Balaban J connectivity index is 2.84. The van der Waals surface area contributed by atoms with Crippen molar-refractivity contribution in [2.24, 2.45) is 17.8 Å². The molecule has 0 amide bonds. The normalized spacial score (nSPS) is 34.6. The van der Waals surface area contributed by atoms with Crippen molar-refractivity contribution in [1.82, 2.24) is 0 Å². The molecule has 74 valence electrons. The Morgan fingerprint density at radius 3 is 2.54 bits per heavy atom. The van der Waals surface area contributed by atoms with Crippen LogP contribution in [0.5, 0.6) is 0 Å². The second-order valence-electron chi connectivity index (χ2n) is 4.27. The van der Waals surface area contributed by atoms with Crippen LogP contribution >= 0.6 is 0 Å². The molecule has 1 aliphatic carbocycles. The van der Waals surface area contributed by atoms with E-state index >= 15 is 0 Å². The fourth-order valence-electron chi connectivity index (χ4n) is 2.43. The van der Waals surface area contributed by atoms with Gasteiger partial charge in [-0.25, -0.2) is 0 Å². The summed E-state index contributed by atoms with van der Waals surface area (Å²) in [5.41, 5.74) is 1.34. The molecule has 0 unspecified atom stereocenters. The van der Waals surface area contributed by atoms with Crippen molar-refractivity contribution in [3.63, 3.8) is 0 Å². The van der Waals surface area contributed by atoms with Gasteiger partial charge in [-0.05, 0) is 25.7 Å². The van der Waals surface area contributed by atoms with Gasteiger partial charge >= 0.3 is 0 Å². The Kier molecular flexibility index (Phi) is 3.32. The molecule has 0 spiro atoms. The van der Waals surface area contributed by atoms with Crippen LogP contribution in [0.4, 0.5) is 0 Å². The van der Waals surface area contributed by atoms with Crippen molar-refractivity contribution in [3.05, 3.63) is 23.8 Å². The molecule has 0 fully saturated rings. The van der Waals surface area contributed by atoms with E-state index in [1.165, 1.54) is 5.57 Å². The highest BCUT2D eigenvalue weighted by Gasteiger charge is 2.33. The molecule has 1 aliphatic rings. The predicted octanol–water partition coefficient (Wildman–Crippen LogP) is 2.77. The first-order valence-electron chi connectivity index (χ1n) is 5.07. The van der Waals surface area contributed by atoms with Crippen molar-refractivity contribution >= 4 is 0 Å². The molecule has 0 aliphatic heterocycles. The topological polar surface area (TPSA) is 20.2 Å². The first kappa shape index (κ1) is 10.5. The van der Waals surface area contributed by atoms with E-state index in [1.54, 1.807) is 0 Å². The first-order valence-corrected chi connectivity index (χ1v) is 5.07. The smallest absolute Gasteiger partial charge is 0.0791 e. The maximum Gasteiger partial charge on any atom is 0.0791 e. The van der Waals surface area contributed by atoms with Gasteiger partial charge in [-0.2, -0.15) is 0 Å². The van der Waals surface area contributed by atoms with Gasteiger partial charge in [0.2, 0.25) is 0 Å². The van der Waals surface area contributed by atoms with Gasteiger partial charge in [0.25, 0.3) is 0 Å². The van der Waals surface area contributed by atoms with Crippen LogP contribution in [-0.4, -0.2) is 11.2 Å². The minimum absolute atomic E-state index is 0.274. The van der Waals surface area contributed by atoms with Gasteiger partial charge in [0.15, 0.2) is 0 Å². The molecular formula is C12H20O. The lowest BCUT2D eigenvalue weighted by Gasteiger charge is -2.24. The van der Waals surface area contributed by atoms with Crippen LogP contribution in [0.15, 0.2) is 23.8 Å². The predicted molar refractivity (Wildman–Crippen MR) is 56.4 cm³/mol. The van der Waals surface area contributed by atoms with Gasteiger partial charge < -0.3 is 5.11 Å². The third kappa shape index (κ3) is 2.02. The minimum Gasteiger partial charge on any atom is -0.388 e. The van der Waals surface area contributed by atoms with Gasteiger partial charge in [0.1, 0.15) is 0 Å². The number of hydrogen-bond donors (Lipinski definition) is 1. The maximum atomic E-state index is 9.78.